The topological polar surface area (TPSA) is 127 Å². The largest absolute Gasteiger partial charge is 0.392 e. The van der Waals surface area contributed by atoms with Crippen LogP contribution in [0.3, 0.4) is 0 Å². The molecule has 0 unspecified atom stereocenters. The Morgan fingerprint density at radius 2 is 2.07 bits per heavy atom. The van der Waals surface area contributed by atoms with E-state index in [2.05, 4.69) is 17.3 Å². The maximum atomic E-state index is 12.9. The molecule has 1 saturated carbocycles. The number of nitrogens with one attached hydrogen (secondary N) is 1. The van der Waals surface area contributed by atoms with Crippen LogP contribution < -0.4 is 11.1 Å². The van der Waals surface area contributed by atoms with Gasteiger partial charge in [-0.15, -0.1) is 0 Å². The van der Waals surface area contributed by atoms with E-state index in [-0.39, 0.29) is 28.7 Å². The number of nitrogens with two attached hydrogens (primary N) is 1. The number of carbonyl (C=O) groups is 1. The van der Waals surface area contributed by atoms with Gasteiger partial charge >= 0.3 is 5.76 Å². The Labute approximate surface area is 173 Å². The van der Waals surface area contributed by atoms with Gasteiger partial charge < -0.3 is 16.2 Å². The minimum atomic E-state index is -4.86. The number of carbonyl (C=O) groups excluding carboxylic acids is 1. The van der Waals surface area contributed by atoms with Gasteiger partial charge in [-0.1, -0.05) is 19.8 Å². The van der Waals surface area contributed by atoms with Crippen molar-refractivity contribution in [3.8, 4) is 0 Å². The Kier molecular flexibility index (Phi) is 6.41. The molecule has 11 heteroatoms. The molecule has 1 fully saturated rings. The monoisotopic (exact) mass is 442 g/mol. The first kappa shape index (κ1) is 22.2. The number of sulfone groups is 1. The number of rotatable bonds is 7. The van der Waals surface area contributed by atoms with Gasteiger partial charge in [0.2, 0.25) is 9.84 Å². The maximum Gasteiger partial charge on any atom is 0.341 e. The van der Waals surface area contributed by atoms with E-state index in [1.165, 1.54) is 12.1 Å². The fraction of sp³-hybridized carbons (Fsp3) is 0.474. The summed E-state index contributed by atoms with van der Waals surface area (Å²) in [5.41, 5.74) is 5.72. The number of halogens is 2. The number of alkyl halides is 2. The SMILES string of the molecule is C[C@H]1CCCC[C@@H]1n1cc(C(N)=O)c(Nc2ccc(S(=O)(=O)C(F)F)c(CO)c2)n1. The van der Waals surface area contributed by atoms with Crippen LogP contribution in [0.2, 0.25) is 0 Å². The molecule has 30 heavy (non-hydrogen) atoms. The molecular formula is C19H24F2N4O4S. The van der Waals surface area contributed by atoms with Crippen LogP contribution in [0.4, 0.5) is 20.3 Å². The van der Waals surface area contributed by atoms with Crippen molar-refractivity contribution in [2.24, 2.45) is 11.7 Å². The van der Waals surface area contributed by atoms with Crippen molar-refractivity contribution in [3.63, 3.8) is 0 Å². The van der Waals surface area contributed by atoms with Gasteiger partial charge in [0.05, 0.1) is 17.5 Å². The second-order valence-electron chi connectivity index (χ2n) is 7.48. The Morgan fingerprint density at radius 3 is 2.67 bits per heavy atom. The number of benzene rings is 1. The van der Waals surface area contributed by atoms with Crippen molar-refractivity contribution in [1.29, 1.82) is 0 Å². The maximum absolute atomic E-state index is 12.9. The van der Waals surface area contributed by atoms with E-state index < -0.39 is 33.0 Å². The number of aliphatic hydroxyl groups is 1. The van der Waals surface area contributed by atoms with Crippen LogP contribution >= 0.6 is 0 Å². The highest BCUT2D eigenvalue weighted by Crippen LogP contribution is 2.35. The van der Waals surface area contributed by atoms with Crippen molar-refractivity contribution in [2.45, 2.75) is 55.9 Å². The molecule has 164 valence electrons. The van der Waals surface area contributed by atoms with Gasteiger partial charge in [-0.3, -0.25) is 9.48 Å². The Morgan fingerprint density at radius 1 is 1.37 bits per heavy atom. The molecule has 0 saturated heterocycles. The number of aliphatic hydroxyl groups excluding tert-OH is 1. The molecule has 1 heterocycles. The van der Waals surface area contributed by atoms with Crippen molar-refractivity contribution < 1.29 is 27.1 Å². The van der Waals surface area contributed by atoms with Crippen molar-refractivity contribution in [2.75, 3.05) is 5.32 Å². The van der Waals surface area contributed by atoms with Crippen LogP contribution in [-0.4, -0.2) is 35.0 Å². The molecule has 4 N–H and O–H groups in total. The van der Waals surface area contributed by atoms with Crippen LogP contribution in [0, 0.1) is 5.92 Å². The van der Waals surface area contributed by atoms with Crippen molar-refractivity contribution >= 4 is 27.2 Å². The summed E-state index contributed by atoms with van der Waals surface area (Å²) in [5.74, 6) is -3.73. The van der Waals surface area contributed by atoms with E-state index in [0.29, 0.717) is 5.92 Å². The summed E-state index contributed by atoms with van der Waals surface area (Å²) in [5, 5.41) is 16.8. The van der Waals surface area contributed by atoms with Gasteiger partial charge in [-0.25, -0.2) is 8.42 Å². The van der Waals surface area contributed by atoms with E-state index in [0.717, 1.165) is 31.7 Å². The normalized spacial score (nSPS) is 19.8. The average molecular weight is 442 g/mol. The zero-order valence-corrected chi connectivity index (χ0v) is 17.2. The summed E-state index contributed by atoms with van der Waals surface area (Å²) in [6.45, 7) is 1.37. The second kappa shape index (κ2) is 8.68. The lowest BCUT2D eigenvalue weighted by Gasteiger charge is -2.28. The fourth-order valence-electron chi connectivity index (χ4n) is 3.81. The lowest BCUT2D eigenvalue weighted by molar-refractivity contribution is 0.100. The molecule has 0 aliphatic heterocycles. The molecule has 1 aromatic carbocycles. The van der Waals surface area contributed by atoms with E-state index in [4.69, 9.17) is 5.73 Å². The molecule has 1 aromatic heterocycles. The Hall–Kier alpha value is -2.53. The number of aromatic nitrogens is 2. The average Bonchev–Trinajstić information content (AvgIpc) is 3.11. The van der Waals surface area contributed by atoms with Crippen LogP contribution in [0.15, 0.2) is 29.3 Å². The molecule has 1 amide bonds. The van der Waals surface area contributed by atoms with Gasteiger partial charge in [-0.05, 0) is 42.5 Å². The molecule has 0 bridgehead atoms. The second-order valence-corrected chi connectivity index (χ2v) is 9.36. The third-order valence-corrected chi connectivity index (χ3v) is 6.92. The molecule has 0 radical (unpaired) electrons. The molecule has 0 spiro atoms. The number of amides is 1. The highest BCUT2D eigenvalue weighted by atomic mass is 32.2. The quantitative estimate of drug-likeness (QED) is 0.605. The summed E-state index contributed by atoms with van der Waals surface area (Å²) in [6.07, 6.45) is 5.77. The first-order valence-electron chi connectivity index (χ1n) is 9.57. The summed E-state index contributed by atoms with van der Waals surface area (Å²) in [6, 6.07) is 3.60. The molecule has 2 atom stereocenters. The highest BCUT2D eigenvalue weighted by Gasteiger charge is 2.29. The van der Waals surface area contributed by atoms with Crippen molar-refractivity contribution in [1.82, 2.24) is 9.78 Å². The lowest BCUT2D eigenvalue weighted by Crippen LogP contribution is -2.21. The number of hydrogen-bond donors (Lipinski definition) is 3. The van der Waals surface area contributed by atoms with Crippen LogP contribution in [-0.2, 0) is 16.4 Å². The van der Waals surface area contributed by atoms with Gasteiger partial charge in [0, 0.05) is 11.9 Å². The van der Waals surface area contributed by atoms with Crippen LogP contribution in [0.1, 0.15) is 54.6 Å². The summed E-state index contributed by atoms with van der Waals surface area (Å²) in [4.78, 5) is 11.2. The van der Waals surface area contributed by atoms with E-state index in [9.17, 15) is 27.1 Å². The number of nitrogens with zero attached hydrogens (tertiary/aromatic N) is 2. The minimum Gasteiger partial charge on any atom is -0.392 e. The molecule has 2 aromatic rings. The van der Waals surface area contributed by atoms with E-state index >= 15 is 0 Å². The Balaban J connectivity index is 1.95. The standard InChI is InChI=1S/C19H24F2N4O4S/c1-11-4-2-3-5-15(11)25-9-14(17(22)27)18(24-25)23-13-6-7-16(12(8-13)10-26)30(28,29)19(20)21/h6-9,11,15,19,26H,2-5,10H2,1H3,(H2,22,27)(H,23,24)/t11-,15-/m0/s1. The van der Waals surface area contributed by atoms with Gasteiger partial charge in [0.1, 0.15) is 5.56 Å². The predicted molar refractivity (Wildman–Crippen MR) is 106 cm³/mol. The molecular weight excluding hydrogens is 418 g/mol. The zero-order chi connectivity index (χ0) is 22.1. The minimum absolute atomic E-state index is 0.124. The third kappa shape index (κ3) is 4.31. The first-order chi connectivity index (χ1) is 14.1. The third-order valence-electron chi connectivity index (χ3n) is 5.44. The summed E-state index contributed by atoms with van der Waals surface area (Å²) < 4.78 is 51.0. The van der Waals surface area contributed by atoms with Crippen LogP contribution in [0.5, 0.6) is 0 Å². The smallest absolute Gasteiger partial charge is 0.341 e. The van der Waals surface area contributed by atoms with Gasteiger partial charge in [0.25, 0.3) is 5.91 Å². The van der Waals surface area contributed by atoms with Crippen molar-refractivity contribution in [3.05, 3.63) is 35.5 Å². The molecule has 1 aliphatic rings. The summed E-state index contributed by atoms with van der Waals surface area (Å²) in [7, 11) is -4.86. The predicted octanol–water partition coefficient (Wildman–Crippen LogP) is 2.97. The Bertz CT molecular complexity index is 1040. The zero-order valence-electron chi connectivity index (χ0n) is 16.4. The lowest BCUT2D eigenvalue weighted by atomic mass is 9.86. The van der Waals surface area contributed by atoms with E-state index in [1.54, 1.807) is 10.9 Å². The molecule has 8 nitrogen and oxygen atoms in total. The number of hydrogen-bond acceptors (Lipinski definition) is 6. The summed E-state index contributed by atoms with van der Waals surface area (Å²) >= 11 is 0. The number of primary amides is 1. The molecule has 1 aliphatic carbocycles. The van der Waals surface area contributed by atoms with Crippen LogP contribution in [0.25, 0.3) is 0 Å². The first-order valence-corrected chi connectivity index (χ1v) is 11.1. The highest BCUT2D eigenvalue weighted by molar-refractivity contribution is 7.91. The fourth-order valence-corrected chi connectivity index (χ4v) is 4.75. The van der Waals surface area contributed by atoms with E-state index in [1.807, 2.05) is 0 Å². The van der Waals surface area contributed by atoms with Gasteiger partial charge in [-0.2, -0.15) is 13.9 Å². The number of anilines is 2. The van der Waals surface area contributed by atoms with Gasteiger partial charge in [0.15, 0.2) is 5.82 Å². The molecule has 3 rings (SSSR count).